The summed E-state index contributed by atoms with van der Waals surface area (Å²) in [6.07, 6.45) is 5.59. The lowest BCUT2D eigenvalue weighted by Crippen LogP contribution is -2.27. The predicted octanol–water partition coefficient (Wildman–Crippen LogP) is 3.83. The van der Waals surface area contributed by atoms with Crippen LogP contribution in [0.3, 0.4) is 0 Å². The molecule has 4 N–H and O–H groups in total. The molecule has 7 rings (SSSR count). The van der Waals surface area contributed by atoms with Gasteiger partial charge in [-0.05, 0) is 66.2 Å². The first-order valence-electron chi connectivity index (χ1n) is 13.3. The molecule has 6 aromatic rings. The van der Waals surface area contributed by atoms with E-state index in [1.807, 2.05) is 28.8 Å². The van der Waals surface area contributed by atoms with Gasteiger partial charge in [0.2, 0.25) is 0 Å². The zero-order chi connectivity index (χ0) is 29.7. The summed E-state index contributed by atoms with van der Waals surface area (Å²) in [5, 5.41) is 16.9. The Morgan fingerprint density at radius 3 is 2.70 bits per heavy atom. The number of phenolic OH excluding ortho intramolecular Hbond substituents is 1. The smallest absolute Gasteiger partial charge is 0.251 e. The number of fused-ring (bicyclic) bond motifs is 2. The van der Waals surface area contributed by atoms with Crippen molar-refractivity contribution in [2.24, 2.45) is 0 Å². The number of hydrogen-bond acceptors (Lipinski definition) is 9. The molecule has 0 radical (unpaired) electrons. The molecule has 0 bridgehead atoms. The number of nitrogens with zero attached hydrogens (tertiary/aromatic N) is 6. The van der Waals surface area contributed by atoms with Crippen LogP contribution < -0.4 is 11.1 Å². The summed E-state index contributed by atoms with van der Waals surface area (Å²) in [6, 6.07) is 17.9. The molecule has 0 saturated carbocycles. The first-order valence-corrected chi connectivity index (χ1v) is 13.3. The predicted molar refractivity (Wildman–Crippen MR) is 156 cm³/mol. The number of Topliss-reactive ketones (excluding diaryl/α,β-unsaturated/α-hetero) is 1. The number of aromatic hydroxyl groups is 1. The van der Waals surface area contributed by atoms with E-state index in [1.165, 1.54) is 18.2 Å². The number of nitrogens with two attached hydrogens (primary N) is 1. The zero-order valence-electron chi connectivity index (χ0n) is 22.4. The van der Waals surface area contributed by atoms with E-state index in [0.29, 0.717) is 57.3 Å². The standard InChI is InChI=1S/C31H22N8O4/c32-28-21(3-1-10-33-28)29-35-23-7-9-27(38-12-2-11-34-38)37-30(23)39(29)19-5-6-20-22(14-19)26(42)15-24(20)36-31(43)17-4-8-25(41)18(13-17)16-40/h1-14,16,24,41H,15H2,(H2,32,33)(H,36,43)/t24-/m0/s1. The molecule has 0 saturated heterocycles. The van der Waals surface area contributed by atoms with Crippen molar-refractivity contribution in [2.75, 3.05) is 5.73 Å². The van der Waals surface area contributed by atoms with Gasteiger partial charge in [0.1, 0.15) is 17.1 Å². The molecule has 1 aliphatic carbocycles. The van der Waals surface area contributed by atoms with Crippen molar-refractivity contribution in [1.82, 2.24) is 34.6 Å². The van der Waals surface area contributed by atoms with Gasteiger partial charge in [-0.3, -0.25) is 19.0 Å². The fourth-order valence-corrected chi connectivity index (χ4v) is 5.31. The average molecular weight is 571 g/mol. The summed E-state index contributed by atoms with van der Waals surface area (Å²) in [6.45, 7) is 0. The van der Waals surface area contributed by atoms with E-state index in [9.17, 15) is 19.5 Å². The van der Waals surface area contributed by atoms with Crippen LogP contribution in [0, 0.1) is 0 Å². The number of imidazole rings is 1. The number of aromatic nitrogens is 6. The van der Waals surface area contributed by atoms with E-state index < -0.39 is 11.9 Å². The second-order valence-corrected chi connectivity index (χ2v) is 9.99. The van der Waals surface area contributed by atoms with Crippen LogP contribution in [0.25, 0.3) is 34.1 Å². The summed E-state index contributed by atoms with van der Waals surface area (Å²) in [5.41, 5.74) is 9.92. The second kappa shape index (κ2) is 10.0. The van der Waals surface area contributed by atoms with Crippen molar-refractivity contribution in [2.45, 2.75) is 12.5 Å². The molecule has 0 fully saturated rings. The van der Waals surface area contributed by atoms with E-state index >= 15 is 0 Å². The second-order valence-electron chi connectivity index (χ2n) is 9.99. The third kappa shape index (κ3) is 4.37. The number of benzene rings is 2. The topological polar surface area (TPSA) is 171 Å². The maximum Gasteiger partial charge on any atom is 0.251 e. The Bertz CT molecular complexity index is 2080. The van der Waals surface area contributed by atoms with E-state index in [0.717, 1.165) is 0 Å². The molecule has 1 atom stereocenters. The molecule has 0 spiro atoms. The van der Waals surface area contributed by atoms with Crippen LogP contribution in [0.2, 0.25) is 0 Å². The fraction of sp³-hybridized carbons (Fsp3) is 0.0645. The highest BCUT2D eigenvalue weighted by Gasteiger charge is 2.32. The molecule has 4 aromatic heterocycles. The van der Waals surface area contributed by atoms with Gasteiger partial charge in [0, 0.05) is 41.8 Å². The SMILES string of the molecule is Nc1ncccc1-c1nc2ccc(-n3cccn3)nc2n1-c1ccc2c(c1)C(=O)C[C@@H]2NC(=O)c1ccc(O)c(C=O)c1. The number of phenols is 1. The highest BCUT2D eigenvalue weighted by Crippen LogP contribution is 2.36. The Morgan fingerprint density at radius 2 is 1.91 bits per heavy atom. The summed E-state index contributed by atoms with van der Waals surface area (Å²) < 4.78 is 3.47. The summed E-state index contributed by atoms with van der Waals surface area (Å²) in [5.74, 6) is 0.543. The van der Waals surface area contributed by atoms with Crippen molar-refractivity contribution >= 4 is 35.0 Å². The van der Waals surface area contributed by atoms with E-state index in [1.54, 1.807) is 47.5 Å². The molecule has 12 heteroatoms. The molecular formula is C31H22N8O4. The quantitative estimate of drug-likeness (QED) is 0.252. The van der Waals surface area contributed by atoms with Gasteiger partial charge in [0.05, 0.1) is 17.2 Å². The van der Waals surface area contributed by atoms with Gasteiger partial charge in [-0.2, -0.15) is 5.10 Å². The number of carbonyl (C=O) groups excluding carboxylic acids is 3. The van der Waals surface area contributed by atoms with Gasteiger partial charge in [0.15, 0.2) is 29.4 Å². The minimum atomic E-state index is -0.574. The summed E-state index contributed by atoms with van der Waals surface area (Å²) in [7, 11) is 0. The van der Waals surface area contributed by atoms with Crippen LogP contribution in [0.15, 0.2) is 85.3 Å². The van der Waals surface area contributed by atoms with Gasteiger partial charge in [0.25, 0.3) is 5.91 Å². The van der Waals surface area contributed by atoms with Gasteiger partial charge < -0.3 is 16.2 Å². The number of nitrogen functional groups attached to an aromatic ring is 1. The van der Waals surface area contributed by atoms with Crippen molar-refractivity contribution < 1.29 is 19.5 Å². The molecule has 2 aromatic carbocycles. The summed E-state index contributed by atoms with van der Waals surface area (Å²) in [4.78, 5) is 51.3. The molecule has 1 aliphatic rings. The molecule has 12 nitrogen and oxygen atoms in total. The number of rotatable bonds is 6. The number of pyridine rings is 2. The van der Waals surface area contributed by atoms with Crippen LogP contribution in [-0.2, 0) is 0 Å². The molecule has 0 aliphatic heterocycles. The number of anilines is 1. The van der Waals surface area contributed by atoms with Crippen LogP contribution in [0.5, 0.6) is 5.75 Å². The van der Waals surface area contributed by atoms with E-state index in [2.05, 4.69) is 15.4 Å². The first kappa shape index (κ1) is 25.8. The molecule has 1 amide bonds. The highest BCUT2D eigenvalue weighted by atomic mass is 16.3. The number of carbonyl (C=O) groups is 3. The van der Waals surface area contributed by atoms with E-state index in [-0.39, 0.29) is 29.1 Å². The van der Waals surface area contributed by atoms with Crippen molar-refractivity contribution in [3.63, 3.8) is 0 Å². The van der Waals surface area contributed by atoms with Crippen LogP contribution in [-0.4, -0.2) is 52.4 Å². The maximum absolute atomic E-state index is 13.2. The molecular weight excluding hydrogens is 548 g/mol. The number of ketones is 1. The Kier molecular flexibility index (Phi) is 6.01. The first-order chi connectivity index (χ1) is 20.9. The van der Waals surface area contributed by atoms with Crippen LogP contribution in [0.4, 0.5) is 5.82 Å². The Labute approximate surface area is 243 Å². The van der Waals surface area contributed by atoms with Crippen LogP contribution >= 0.6 is 0 Å². The molecule has 4 heterocycles. The molecule has 210 valence electrons. The number of amides is 1. The number of nitrogens with one attached hydrogen (secondary N) is 1. The van der Waals surface area contributed by atoms with E-state index in [4.69, 9.17) is 15.7 Å². The minimum Gasteiger partial charge on any atom is -0.507 e. The monoisotopic (exact) mass is 570 g/mol. The Hall–Kier alpha value is -6.17. The Morgan fingerprint density at radius 1 is 1.02 bits per heavy atom. The lowest BCUT2D eigenvalue weighted by atomic mass is 10.1. The minimum absolute atomic E-state index is 0.00197. The van der Waals surface area contributed by atoms with Gasteiger partial charge in [-0.1, -0.05) is 6.07 Å². The lowest BCUT2D eigenvalue weighted by molar-refractivity contribution is 0.0925. The molecule has 0 unspecified atom stereocenters. The molecule has 43 heavy (non-hydrogen) atoms. The zero-order valence-corrected chi connectivity index (χ0v) is 22.4. The van der Waals surface area contributed by atoms with Crippen molar-refractivity contribution in [1.29, 1.82) is 0 Å². The van der Waals surface area contributed by atoms with Crippen LogP contribution in [0.1, 0.15) is 49.1 Å². The fourth-order valence-electron chi connectivity index (χ4n) is 5.31. The number of hydrogen-bond donors (Lipinski definition) is 3. The van der Waals surface area contributed by atoms with Gasteiger partial charge in [-0.15, -0.1) is 0 Å². The highest BCUT2D eigenvalue weighted by molar-refractivity contribution is 6.03. The average Bonchev–Trinajstić information content (AvgIpc) is 3.75. The van der Waals surface area contributed by atoms with Crippen molar-refractivity contribution in [3.8, 4) is 28.6 Å². The Balaban J connectivity index is 1.31. The number of aldehydes is 1. The third-order valence-electron chi connectivity index (χ3n) is 7.39. The third-order valence-corrected chi connectivity index (χ3v) is 7.39. The van der Waals surface area contributed by atoms with Crippen molar-refractivity contribution in [3.05, 3.63) is 108 Å². The normalized spacial score (nSPS) is 14.1. The maximum atomic E-state index is 13.2. The largest absolute Gasteiger partial charge is 0.507 e. The lowest BCUT2D eigenvalue weighted by Gasteiger charge is -2.15. The van der Waals surface area contributed by atoms with Gasteiger partial charge in [-0.25, -0.2) is 19.6 Å². The van der Waals surface area contributed by atoms with Gasteiger partial charge >= 0.3 is 0 Å². The summed E-state index contributed by atoms with van der Waals surface area (Å²) >= 11 is 0.